The maximum Gasteiger partial charge on any atom is 0.137 e. The number of hydrogen-bond donors (Lipinski definition) is 0. The fraction of sp³-hybridized carbons (Fsp3) is 0.435. The quantitative estimate of drug-likeness (QED) is 0.616. The molecule has 0 radical (unpaired) electrons. The molecule has 2 nitrogen and oxygen atoms in total. The molecule has 1 atom stereocenters. The number of benzene rings is 2. The molecule has 0 unspecified atom stereocenters. The van der Waals surface area contributed by atoms with Crippen LogP contribution in [0.25, 0.3) is 0 Å². The van der Waals surface area contributed by atoms with Crippen LogP contribution in [0.1, 0.15) is 49.7 Å². The van der Waals surface area contributed by atoms with Crippen LogP contribution >= 0.6 is 0 Å². The zero-order valence-electron chi connectivity index (χ0n) is 15.0. The first-order chi connectivity index (χ1) is 12.3. The summed E-state index contributed by atoms with van der Waals surface area (Å²) < 4.78 is 0. The fourth-order valence-electron chi connectivity index (χ4n) is 3.98. The van der Waals surface area contributed by atoms with Crippen LogP contribution in [0.2, 0.25) is 0 Å². The Hall–Kier alpha value is -1.93. The molecule has 0 saturated heterocycles. The Labute approximate surface area is 151 Å². The molecular weight excluding hydrogens is 306 g/mol. The van der Waals surface area contributed by atoms with Gasteiger partial charge in [-0.15, -0.1) is 0 Å². The average molecular weight is 335 g/mol. The van der Waals surface area contributed by atoms with Crippen LogP contribution < -0.4 is 0 Å². The van der Waals surface area contributed by atoms with Crippen LogP contribution in [0.15, 0.2) is 60.7 Å². The topological polar surface area (TPSA) is 20.3 Å². The highest BCUT2D eigenvalue weighted by molar-refractivity contribution is 5.57. The second-order valence-electron chi connectivity index (χ2n) is 7.32. The summed E-state index contributed by atoms with van der Waals surface area (Å²) in [5, 5.41) is 0. The molecule has 0 bridgehead atoms. The van der Waals surface area contributed by atoms with Gasteiger partial charge in [-0.05, 0) is 23.5 Å². The largest absolute Gasteiger partial charge is 0.302 e. The van der Waals surface area contributed by atoms with Gasteiger partial charge in [0.25, 0.3) is 0 Å². The maximum atomic E-state index is 12.0. The van der Waals surface area contributed by atoms with E-state index in [-0.39, 0.29) is 6.04 Å². The standard InChI is InChI=1S/C23H29NO/c25-19-23(16-20-10-4-1-5-11-20)24(17-21-12-6-2-7-13-21)18-22-14-8-3-9-15-22/h2-3,6-9,12-15,19-20,23H,1,4-5,10-11,16-18H2/t23-/m1/s1. The molecule has 2 aromatic carbocycles. The Balaban J connectivity index is 1.73. The number of carbonyl (C=O) groups excluding carboxylic acids is 1. The van der Waals surface area contributed by atoms with Crippen LogP contribution in [0.3, 0.4) is 0 Å². The van der Waals surface area contributed by atoms with E-state index in [1.807, 2.05) is 12.1 Å². The molecule has 0 amide bonds. The first-order valence-corrected chi connectivity index (χ1v) is 9.62. The number of rotatable bonds is 8. The summed E-state index contributed by atoms with van der Waals surface area (Å²) in [7, 11) is 0. The van der Waals surface area contributed by atoms with E-state index < -0.39 is 0 Å². The van der Waals surface area contributed by atoms with E-state index in [2.05, 4.69) is 53.4 Å². The molecule has 1 aliphatic carbocycles. The molecule has 1 aliphatic rings. The molecule has 0 aromatic heterocycles. The minimum atomic E-state index is 0.00325. The molecule has 1 saturated carbocycles. The molecule has 2 heteroatoms. The van der Waals surface area contributed by atoms with Crippen LogP contribution in [0, 0.1) is 5.92 Å². The minimum Gasteiger partial charge on any atom is -0.302 e. The molecule has 0 heterocycles. The Morgan fingerprint density at radius 2 is 1.36 bits per heavy atom. The number of carbonyl (C=O) groups is 1. The van der Waals surface area contributed by atoms with E-state index in [0.717, 1.165) is 19.5 Å². The van der Waals surface area contributed by atoms with Gasteiger partial charge in [-0.3, -0.25) is 4.90 Å². The van der Waals surface area contributed by atoms with E-state index in [0.29, 0.717) is 5.92 Å². The van der Waals surface area contributed by atoms with Crippen molar-refractivity contribution in [1.29, 1.82) is 0 Å². The smallest absolute Gasteiger partial charge is 0.137 e. The van der Waals surface area contributed by atoms with Gasteiger partial charge in [0, 0.05) is 13.1 Å². The first kappa shape index (κ1) is 17.9. The summed E-state index contributed by atoms with van der Waals surface area (Å²) in [6, 6.07) is 21.0. The Kier molecular flexibility index (Phi) is 6.81. The van der Waals surface area contributed by atoms with Gasteiger partial charge in [-0.1, -0.05) is 92.8 Å². The van der Waals surface area contributed by atoms with Crippen LogP contribution in [-0.4, -0.2) is 17.2 Å². The van der Waals surface area contributed by atoms with Crippen LogP contribution in [0.5, 0.6) is 0 Å². The Morgan fingerprint density at radius 1 is 0.840 bits per heavy atom. The minimum absolute atomic E-state index is 0.00325. The van der Waals surface area contributed by atoms with Gasteiger partial charge >= 0.3 is 0 Å². The molecule has 25 heavy (non-hydrogen) atoms. The summed E-state index contributed by atoms with van der Waals surface area (Å²) in [5.41, 5.74) is 2.54. The SMILES string of the molecule is O=C[C@@H](CC1CCCCC1)N(Cc1ccccc1)Cc1ccccc1. The molecule has 132 valence electrons. The normalized spacial score (nSPS) is 16.7. The van der Waals surface area contributed by atoms with E-state index >= 15 is 0 Å². The third kappa shape index (κ3) is 5.54. The lowest BCUT2D eigenvalue weighted by molar-refractivity contribution is -0.113. The van der Waals surface area contributed by atoms with E-state index in [1.165, 1.54) is 49.5 Å². The fourth-order valence-corrected chi connectivity index (χ4v) is 3.98. The van der Waals surface area contributed by atoms with Gasteiger partial charge in [0.05, 0.1) is 6.04 Å². The van der Waals surface area contributed by atoms with Crippen molar-refractivity contribution in [1.82, 2.24) is 4.90 Å². The van der Waals surface area contributed by atoms with Crippen molar-refractivity contribution in [2.75, 3.05) is 0 Å². The molecule has 0 spiro atoms. The summed E-state index contributed by atoms with van der Waals surface area (Å²) in [5.74, 6) is 0.706. The van der Waals surface area contributed by atoms with Gasteiger partial charge < -0.3 is 4.79 Å². The zero-order valence-corrected chi connectivity index (χ0v) is 15.0. The molecule has 3 rings (SSSR count). The third-order valence-corrected chi connectivity index (χ3v) is 5.38. The summed E-state index contributed by atoms with van der Waals surface area (Å²) in [4.78, 5) is 14.3. The van der Waals surface area contributed by atoms with E-state index in [4.69, 9.17) is 0 Å². The van der Waals surface area contributed by atoms with E-state index in [1.54, 1.807) is 0 Å². The highest BCUT2D eigenvalue weighted by Crippen LogP contribution is 2.29. The lowest BCUT2D eigenvalue weighted by Gasteiger charge is -2.32. The number of nitrogens with zero attached hydrogens (tertiary/aromatic N) is 1. The molecule has 0 aliphatic heterocycles. The van der Waals surface area contributed by atoms with Gasteiger partial charge in [0.1, 0.15) is 6.29 Å². The Morgan fingerprint density at radius 3 is 1.84 bits per heavy atom. The predicted octanol–water partition coefficient (Wildman–Crippen LogP) is 5.23. The summed E-state index contributed by atoms with van der Waals surface area (Å²) in [6.45, 7) is 1.65. The van der Waals surface area contributed by atoms with Crippen molar-refractivity contribution in [3.05, 3.63) is 71.8 Å². The van der Waals surface area contributed by atoms with Gasteiger partial charge in [0.15, 0.2) is 0 Å². The second kappa shape index (κ2) is 9.53. The van der Waals surface area contributed by atoms with Gasteiger partial charge in [0.2, 0.25) is 0 Å². The summed E-state index contributed by atoms with van der Waals surface area (Å²) in [6.07, 6.45) is 8.77. The van der Waals surface area contributed by atoms with Crippen LogP contribution in [0.4, 0.5) is 0 Å². The van der Waals surface area contributed by atoms with Crippen molar-refractivity contribution < 1.29 is 4.79 Å². The van der Waals surface area contributed by atoms with Gasteiger partial charge in [-0.2, -0.15) is 0 Å². The van der Waals surface area contributed by atoms with Gasteiger partial charge in [-0.25, -0.2) is 0 Å². The van der Waals surface area contributed by atoms with Crippen molar-refractivity contribution in [3.63, 3.8) is 0 Å². The highest BCUT2D eigenvalue weighted by atomic mass is 16.1. The monoisotopic (exact) mass is 335 g/mol. The van der Waals surface area contributed by atoms with Crippen molar-refractivity contribution in [2.24, 2.45) is 5.92 Å². The lowest BCUT2D eigenvalue weighted by Crippen LogP contribution is -2.37. The van der Waals surface area contributed by atoms with E-state index in [9.17, 15) is 4.79 Å². The van der Waals surface area contributed by atoms with Crippen molar-refractivity contribution >= 4 is 6.29 Å². The van der Waals surface area contributed by atoms with Crippen molar-refractivity contribution in [3.8, 4) is 0 Å². The highest BCUT2D eigenvalue weighted by Gasteiger charge is 2.24. The molecule has 0 N–H and O–H groups in total. The molecule has 2 aromatic rings. The second-order valence-corrected chi connectivity index (χ2v) is 7.32. The number of hydrogen-bond acceptors (Lipinski definition) is 2. The maximum absolute atomic E-state index is 12.0. The number of aldehydes is 1. The summed E-state index contributed by atoms with van der Waals surface area (Å²) >= 11 is 0. The average Bonchev–Trinajstić information content (AvgIpc) is 2.68. The third-order valence-electron chi connectivity index (χ3n) is 5.38. The zero-order chi connectivity index (χ0) is 17.3. The van der Waals surface area contributed by atoms with Crippen molar-refractivity contribution in [2.45, 2.75) is 57.7 Å². The molecule has 1 fully saturated rings. The Bertz CT molecular complexity index is 578. The lowest BCUT2D eigenvalue weighted by atomic mass is 9.84. The molecular formula is C23H29NO. The first-order valence-electron chi connectivity index (χ1n) is 9.62. The van der Waals surface area contributed by atoms with Crippen LogP contribution in [-0.2, 0) is 17.9 Å². The predicted molar refractivity (Wildman–Crippen MR) is 103 cm³/mol.